The van der Waals surface area contributed by atoms with Crippen molar-refractivity contribution in [2.45, 2.75) is 19.1 Å². The number of nitrogens with zero attached hydrogens (tertiary/aromatic N) is 1. The summed E-state index contributed by atoms with van der Waals surface area (Å²) in [6.45, 7) is 1.20. The van der Waals surface area contributed by atoms with E-state index in [9.17, 15) is 35.2 Å². The lowest BCUT2D eigenvalue weighted by molar-refractivity contribution is -0.137. The maximum atomic E-state index is 13.5. The van der Waals surface area contributed by atoms with Crippen molar-refractivity contribution >= 4 is 27.3 Å². The Bertz CT molecular complexity index is 975. The van der Waals surface area contributed by atoms with Crippen LogP contribution in [0.25, 0.3) is 0 Å². The first-order chi connectivity index (χ1) is 12.8. The highest BCUT2D eigenvalue weighted by atomic mass is 32.2. The third-order valence-electron chi connectivity index (χ3n) is 3.73. The molecule has 0 spiro atoms. The molecule has 152 valence electrons. The molecule has 0 aliphatic carbocycles. The largest absolute Gasteiger partial charge is 0.416 e. The second-order valence-electron chi connectivity index (χ2n) is 5.90. The van der Waals surface area contributed by atoms with E-state index >= 15 is 0 Å². The number of carbonyl (C=O) groups excluding carboxylic acids is 1. The molecule has 28 heavy (non-hydrogen) atoms. The Hall–Kier alpha value is -2.69. The number of halogens is 5. The first-order valence-corrected chi connectivity index (χ1v) is 9.58. The summed E-state index contributed by atoms with van der Waals surface area (Å²) in [6.07, 6.45) is -3.77. The minimum atomic E-state index is -4.55. The summed E-state index contributed by atoms with van der Waals surface area (Å²) in [6, 6.07) is 4.45. The molecule has 0 heterocycles. The van der Waals surface area contributed by atoms with Gasteiger partial charge in [-0.2, -0.15) is 13.2 Å². The van der Waals surface area contributed by atoms with Crippen molar-refractivity contribution in [1.29, 1.82) is 0 Å². The topological polar surface area (TPSA) is 66.5 Å². The molecule has 2 aromatic rings. The Morgan fingerprint density at radius 1 is 1.04 bits per heavy atom. The molecule has 5 nitrogen and oxygen atoms in total. The molecule has 1 N–H and O–H groups in total. The molecule has 0 aliphatic rings. The van der Waals surface area contributed by atoms with Crippen LogP contribution >= 0.6 is 0 Å². The number of carbonyl (C=O) groups is 1. The number of rotatable bonds is 5. The fraction of sp³-hybridized carbons (Fsp3) is 0.235. The van der Waals surface area contributed by atoms with E-state index in [1.807, 2.05) is 0 Å². The van der Waals surface area contributed by atoms with Gasteiger partial charge in [0.2, 0.25) is 15.9 Å². The van der Waals surface area contributed by atoms with Crippen LogP contribution < -0.4 is 9.62 Å². The molecule has 0 bridgehead atoms. The lowest BCUT2D eigenvalue weighted by Crippen LogP contribution is -2.45. The number of hydrogen-bond donors (Lipinski definition) is 1. The van der Waals surface area contributed by atoms with Crippen LogP contribution in [0.2, 0.25) is 0 Å². The van der Waals surface area contributed by atoms with Crippen molar-refractivity contribution < 1.29 is 35.2 Å². The Labute approximate surface area is 157 Å². The van der Waals surface area contributed by atoms with Gasteiger partial charge in [0.1, 0.15) is 6.04 Å². The van der Waals surface area contributed by atoms with Gasteiger partial charge in [0.15, 0.2) is 11.6 Å². The van der Waals surface area contributed by atoms with Crippen LogP contribution in [0.3, 0.4) is 0 Å². The number of nitrogens with one attached hydrogen (secondary N) is 1. The van der Waals surface area contributed by atoms with Gasteiger partial charge in [-0.3, -0.25) is 9.10 Å². The number of amides is 1. The predicted molar refractivity (Wildman–Crippen MR) is 93.2 cm³/mol. The monoisotopic (exact) mass is 422 g/mol. The molecule has 0 unspecified atom stereocenters. The summed E-state index contributed by atoms with van der Waals surface area (Å²) in [5, 5.41) is 2.29. The van der Waals surface area contributed by atoms with Crippen LogP contribution in [-0.2, 0) is 21.0 Å². The smallest absolute Gasteiger partial charge is 0.324 e. The molecule has 0 fully saturated rings. The number of anilines is 2. The van der Waals surface area contributed by atoms with Gasteiger partial charge in [0.25, 0.3) is 0 Å². The Morgan fingerprint density at radius 2 is 1.61 bits per heavy atom. The lowest BCUT2D eigenvalue weighted by Gasteiger charge is -2.28. The van der Waals surface area contributed by atoms with Crippen LogP contribution in [0.1, 0.15) is 12.5 Å². The highest BCUT2D eigenvalue weighted by molar-refractivity contribution is 7.92. The fourth-order valence-corrected chi connectivity index (χ4v) is 3.59. The van der Waals surface area contributed by atoms with Gasteiger partial charge < -0.3 is 5.32 Å². The van der Waals surface area contributed by atoms with Gasteiger partial charge in [0.05, 0.1) is 17.5 Å². The normalized spacial score (nSPS) is 13.1. The molecular weight excluding hydrogens is 407 g/mol. The van der Waals surface area contributed by atoms with Crippen molar-refractivity contribution in [2.24, 2.45) is 0 Å². The summed E-state index contributed by atoms with van der Waals surface area (Å²) < 4.78 is 89.1. The second kappa shape index (κ2) is 7.74. The maximum absolute atomic E-state index is 13.5. The minimum absolute atomic E-state index is 0.00332. The predicted octanol–water partition coefficient (Wildman–Crippen LogP) is 3.78. The van der Waals surface area contributed by atoms with Crippen LogP contribution in [0.4, 0.5) is 33.3 Å². The van der Waals surface area contributed by atoms with Gasteiger partial charge in [0, 0.05) is 11.8 Å². The second-order valence-corrected chi connectivity index (χ2v) is 7.76. The van der Waals surface area contributed by atoms with Gasteiger partial charge in [-0.05, 0) is 43.3 Å². The van der Waals surface area contributed by atoms with Gasteiger partial charge in [-0.25, -0.2) is 17.2 Å². The maximum Gasteiger partial charge on any atom is 0.416 e. The van der Waals surface area contributed by atoms with Crippen molar-refractivity contribution in [1.82, 2.24) is 0 Å². The summed E-state index contributed by atoms with van der Waals surface area (Å²) in [5.41, 5.74) is -1.20. The van der Waals surface area contributed by atoms with Crippen molar-refractivity contribution in [2.75, 3.05) is 15.9 Å². The zero-order valence-electron chi connectivity index (χ0n) is 14.6. The van der Waals surface area contributed by atoms with E-state index in [1.54, 1.807) is 0 Å². The highest BCUT2D eigenvalue weighted by Crippen LogP contribution is 2.30. The summed E-state index contributed by atoms with van der Waals surface area (Å²) in [5.74, 6) is -3.38. The zero-order chi connectivity index (χ0) is 21.3. The zero-order valence-corrected chi connectivity index (χ0v) is 15.4. The first kappa shape index (κ1) is 21.6. The lowest BCUT2D eigenvalue weighted by atomic mass is 10.2. The SMILES string of the molecule is C[C@H](C(=O)Nc1ccc(C(F)(F)F)cc1)N(c1ccc(F)c(F)c1)S(C)(=O)=O. The Morgan fingerprint density at radius 3 is 2.07 bits per heavy atom. The van der Waals surface area contributed by atoms with E-state index in [2.05, 4.69) is 5.32 Å². The third-order valence-corrected chi connectivity index (χ3v) is 4.97. The molecule has 2 aromatic carbocycles. The van der Waals surface area contributed by atoms with Crippen LogP contribution in [-0.4, -0.2) is 26.6 Å². The molecule has 2 rings (SSSR count). The van der Waals surface area contributed by atoms with Gasteiger partial charge >= 0.3 is 6.18 Å². The molecule has 1 amide bonds. The summed E-state index contributed by atoms with van der Waals surface area (Å²) >= 11 is 0. The first-order valence-electron chi connectivity index (χ1n) is 7.73. The number of benzene rings is 2. The van der Waals surface area contributed by atoms with Crippen LogP contribution in [0.5, 0.6) is 0 Å². The van der Waals surface area contributed by atoms with Gasteiger partial charge in [-0.1, -0.05) is 0 Å². The quantitative estimate of drug-likeness (QED) is 0.746. The molecule has 0 saturated carbocycles. The molecule has 0 aromatic heterocycles. The van der Waals surface area contributed by atoms with E-state index in [0.717, 1.165) is 36.6 Å². The van der Waals surface area contributed by atoms with E-state index < -0.39 is 45.3 Å². The average Bonchev–Trinajstić information content (AvgIpc) is 2.56. The molecule has 0 radical (unpaired) electrons. The third kappa shape index (κ3) is 4.97. The summed E-state index contributed by atoms with van der Waals surface area (Å²) in [7, 11) is -4.08. The molecule has 0 saturated heterocycles. The van der Waals surface area contributed by atoms with E-state index in [-0.39, 0.29) is 11.4 Å². The summed E-state index contributed by atoms with van der Waals surface area (Å²) in [4.78, 5) is 12.4. The van der Waals surface area contributed by atoms with Crippen LogP contribution in [0, 0.1) is 11.6 Å². The Balaban J connectivity index is 2.28. The molecule has 1 atom stereocenters. The fourth-order valence-electron chi connectivity index (χ4n) is 2.42. The van der Waals surface area contributed by atoms with Crippen molar-refractivity contribution in [3.63, 3.8) is 0 Å². The molecule has 11 heteroatoms. The minimum Gasteiger partial charge on any atom is -0.324 e. The van der Waals surface area contributed by atoms with Gasteiger partial charge in [-0.15, -0.1) is 0 Å². The Kier molecular flexibility index (Phi) is 5.97. The van der Waals surface area contributed by atoms with Crippen molar-refractivity contribution in [3.05, 3.63) is 59.7 Å². The highest BCUT2D eigenvalue weighted by Gasteiger charge is 2.31. The van der Waals surface area contributed by atoms with E-state index in [4.69, 9.17) is 0 Å². The molecule has 0 aliphatic heterocycles. The number of alkyl halides is 3. The average molecular weight is 422 g/mol. The van der Waals surface area contributed by atoms with Crippen LogP contribution in [0.15, 0.2) is 42.5 Å². The van der Waals surface area contributed by atoms with E-state index in [0.29, 0.717) is 16.4 Å². The standard InChI is InChI=1S/C17H15F5N2O3S/c1-10(16(25)23-12-5-3-11(4-6-12)17(20,21)22)24(28(2,26)27)13-7-8-14(18)15(19)9-13/h3-10H,1-2H3,(H,23,25)/t10-/m1/s1. The molecular formula is C17H15F5N2O3S. The van der Waals surface area contributed by atoms with E-state index in [1.165, 1.54) is 6.92 Å². The number of hydrogen-bond acceptors (Lipinski definition) is 3. The number of sulfonamides is 1. The van der Waals surface area contributed by atoms with Crippen molar-refractivity contribution in [3.8, 4) is 0 Å².